The summed E-state index contributed by atoms with van der Waals surface area (Å²) in [4.78, 5) is 32.9. The van der Waals surface area contributed by atoms with Crippen molar-refractivity contribution in [3.63, 3.8) is 0 Å². The first-order valence-corrected chi connectivity index (χ1v) is 10.6. The Morgan fingerprint density at radius 2 is 1.96 bits per heavy atom. The molecule has 1 aliphatic heterocycles. The van der Waals surface area contributed by atoms with Crippen LogP contribution in [0.1, 0.15) is 75.3 Å². The summed E-state index contributed by atoms with van der Waals surface area (Å²) >= 11 is 1.62. The molecule has 1 atom stereocenters. The number of amides is 2. The Balaban J connectivity index is 1.68. The summed E-state index contributed by atoms with van der Waals surface area (Å²) in [5, 5.41) is 3.72. The van der Waals surface area contributed by atoms with E-state index in [9.17, 15) is 9.59 Å². The second-order valence-corrected chi connectivity index (χ2v) is 8.22. The number of nitrogens with one attached hydrogen (secondary N) is 1. The standard InChI is InChI=1S/C19H29N3O2S/c1-2-9-17(23)22-13-8-7-11-15(22)18(24)21-19-20-14-10-5-3-4-6-12-16(14)25-19/h15H,2-13H2,1H3,(H,20,21,24)/t15-/m1/s1. The van der Waals surface area contributed by atoms with Gasteiger partial charge in [-0.25, -0.2) is 4.98 Å². The molecular weight excluding hydrogens is 334 g/mol. The van der Waals surface area contributed by atoms with Crippen molar-refractivity contribution >= 4 is 28.3 Å². The van der Waals surface area contributed by atoms with Gasteiger partial charge in [0.15, 0.2) is 5.13 Å². The van der Waals surface area contributed by atoms with E-state index in [0.29, 0.717) is 18.1 Å². The first-order valence-electron chi connectivity index (χ1n) is 9.78. The number of piperidine rings is 1. The van der Waals surface area contributed by atoms with Crippen molar-refractivity contribution in [2.24, 2.45) is 0 Å². The molecule has 25 heavy (non-hydrogen) atoms. The Bertz CT molecular complexity index is 588. The third-order valence-electron chi connectivity index (χ3n) is 5.17. The van der Waals surface area contributed by atoms with E-state index in [-0.39, 0.29) is 17.9 Å². The summed E-state index contributed by atoms with van der Waals surface area (Å²) in [5.74, 6) is 0.0413. The second kappa shape index (κ2) is 8.79. The zero-order valence-electron chi connectivity index (χ0n) is 15.2. The molecule has 6 heteroatoms. The van der Waals surface area contributed by atoms with Gasteiger partial charge in [0.2, 0.25) is 11.8 Å². The van der Waals surface area contributed by atoms with Crippen LogP contribution in [-0.2, 0) is 22.4 Å². The Hall–Kier alpha value is -1.43. The molecule has 5 nitrogen and oxygen atoms in total. The van der Waals surface area contributed by atoms with Gasteiger partial charge in [-0.05, 0) is 51.4 Å². The molecule has 0 bridgehead atoms. The average molecular weight is 364 g/mol. The molecule has 1 aliphatic carbocycles. The number of hydrogen-bond donors (Lipinski definition) is 1. The quantitative estimate of drug-likeness (QED) is 0.882. The lowest BCUT2D eigenvalue weighted by Gasteiger charge is -2.34. The maximum Gasteiger partial charge on any atom is 0.248 e. The van der Waals surface area contributed by atoms with Gasteiger partial charge in [-0.3, -0.25) is 9.59 Å². The van der Waals surface area contributed by atoms with E-state index in [1.807, 2.05) is 6.92 Å². The summed E-state index contributed by atoms with van der Waals surface area (Å²) < 4.78 is 0. The van der Waals surface area contributed by atoms with E-state index in [2.05, 4.69) is 10.3 Å². The van der Waals surface area contributed by atoms with Gasteiger partial charge in [0.1, 0.15) is 6.04 Å². The number of likely N-dealkylation sites (tertiary alicyclic amines) is 1. The van der Waals surface area contributed by atoms with Crippen LogP contribution in [-0.4, -0.2) is 34.3 Å². The number of anilines is 1. The Labute approximate surface area is 154 Å². The van der Waals surface area contributed by atoms with Gasteiger partial charge in [-0.1, -0.05) is 19.8 Å². The van der Waals surface area contributed by atoms with E-state index in [1.54, 1.807) is 16.2 Å². The van der Waals surface area contributed by atoms with Crippen molar-refractivity contribution in [1.29, 1.82) is 0 Å². The summed E-state index contributed by atoms with van der Waals surface area (Å²) in [6.07, 6.45) is 11.2. The predicted octanol–water partition coefficient (Wildman–Crippen LogP) is 3.92. The van der Waals surface area contributed by atoms with Gasteiger partial charge in [0.05, 0.1) is 5.69 Å². The van der Waals surface area contributed by atoms with Crippen molar-refractivity contribution in [3.8, 4) is 0 Å². The van der Waals surface area contributed by atoms with Crippen LogP contribution in [0.5, 0.6) is 0 Å². The van der Waals surface area contributed by atoms with Gasteiger partial charge >= 0.3 is 0 Å². The highest BCUT2D eigenvalue weighted by molar-refractivity contribution is 7.15. The number of rotatable bonds is 4. The van der Waals surface area contributed by atoms with E-state index in [4.69, 9.17) is 0 Å². The fourth-order valence-corrected chi connectivity index (χ4v) is 4.86. The molecule has 0 unspecified atom stereocenters. The largest absolute Gasteiger partial charge is 0.331 e. The molecule has 2 amide bonds. The number of carbonyl (C=O) groups is 2. The van der Waals surface area contributed by atoms with Crippen molar-refractivity contribution in [2.45, 2.75) is 83.6 Å². The van der Waals surface area contributed by atoms with Crippen LogP contribution in [0.15, 0.2) is 0 Å². The molecule has 1 saturated heterocycles. The van der Waals surface area contributed by atoms with Crippen molar-refractivity contribution < 1.29 is 9.59 Å². The maximum atomic E-state index is 12.8. The van der Waals surface area contributed by atoms with E-state index >= 15 is 0 Å². The molecule has 0 aromatic carbocycles. The number of aryl methyl sites for hydroxylation is 2. The van der Waals surface area contributed by atoms with E-state index in [1.165, 1.54) is 36.3 Å². The highest BCUT2D eigenvalue weighted by Gasteiger charge is 2.32. The third kappa shape index (κ3) is 4.60. The van der Waals surface area contributed by atoms with Gasteiger partial charge in [0, 0.05) is 17.8 Å². The summed E-state index contributed by atoms with van der Waals surface area (Å²) in [6.45, 7) is 2.70. The zero-order valence-corrected chi connectivity index (χ0v) is 16.0. The maximum absolute atomic E-state index is 12.8. The first kappa shape index (κ1) is 18.4. The number of carbonyl (C=O) groups excluding carboxylic acids is 2. The molecule has 0 spiro atoms. The molecule has 2 aliphatic rings. The minimum atomic E-state index is -0.334. The lowest BCUT2D eigenvalue weighted by molar-refractivity contribution is -0.140. The van der Waals surface area contributed by atoms with Gasteiger partial charge in [-0.15, -0.1) is 11.3 Å². The average Bonchev–Trinajstić information content (AvgIpc) is 2.96. The third-order valence-corrected chi connectivity index (χ3v) is 6.24. The van der Waals surface area contributed by atoms with Crippen LogP contribution >= 0.6 is 11.3 Å². The molecule has 1 fully saturated rings. The summed E-state index contributed by atoms with van der Waals surface area (Å²) in [5.41, 5.74) is 1.17. The minimum absolute atomic E-state index is 0.0640. The highest BCUT2D eigenvalue weighted by atomic mass is 32.1. The summed E-state index contributed by atoms with van der Waals surface area (Å²) in [6, 6.07) is -0.334. The smallest absolute Gasteiger partial charge is 0.248 e. The molecule has 1 aromatic rings. The predicted molar refractivity (Wildman–Crippen MR) is 101 cm³/mol. The van der Waals surface area contributed by atoms with E-state index in [0.717, 1.165) is 38.5 Å². The van der Waals surface area contributed by atoms with E-state index < -0.39 is 0 Å². The number of aromatic nitrogens is 1. The fourth-order valence-electron chi connectivity index (χ4n) is 3.81. The van der Waals surface area contributed by atoms with Gasteiger partial charge < -0.3 is 10.2 Å². The van der Waals surface area contributed by atoms with Crippen LogP contribution < -0.4 is 5.32 Å². The molecule has 2 heterocycles. The van der Waals surface area contributed by atoms with Crippen LogP contribution in [0, 0.1) is 0 Å². The van der Waals surface area contributed by atoms with Crippen molar-refractivity contribution in [1.82, 2.24) is 9.88 Å². The number of hydrogen-bond acceptors (Lipinski definition) is 4. The number of fused-ring (bicyclic) bond motifs is 1. The van der Waals surface area contributed by atoms with Gasteiger partial charge in [-0.2, -0.15) is 0 Å². The van der Waals surface area contributed by atoms with Crippen LogP contribution in [0.25, 0.3) is 0 Å². The number of thiazole rings is 1. The molecule has 3 rings (SSSR count). The lowest BCUT2D eigenvalue weighted by atomic mass is 10.0. The molecular formula is C19H29N3O2S. The molecule has 1 N–H and O–H groups in total. The highest BCUT2D eigenvalue weighted by Crippen LogP contribution is 2.29. The lowest BCUT2D eigenvalue weighted by Crippen LogP contribution is -2.49. The second-order valence-electron chi connectivity index (χ2n) is 7.14. The minimum Gasteiger partial charge on any atom is -0.331 e. The van der Waals surface area contributed by atoms with Crippen molar-refractivity contribution in [2.75, 3.05) is 11.9 Å². The Kier molecular flexibility index (Phi) is 6.45. The summed E-state index contributed by atoms with van der Waals surface area (Å²) in [7, 11) is 0. The molecule has 1 aromatic heterocycles. The Morgan fingerprint density at radius 1 is 1.16 bits per heavy atom. The monoisotopic (exact) mass is 363 g/mol. The SMILES string of the molecule is CCCC(=O)N1CCCC[C@@H]1C(=O)Nc1nc2c(s1)CCCCCC2. The first-order chi connectivity index (χ1) is 12.2. The van der Waals surface area contributed by atoms with Crippen LogP contribution in [0.4, 0.5) is 5.13 Å². The van der Waals surface area contributed by atoms with Crippen LogP contribution in [0.3, 0.4) is 0 Å². The zero-order chi connectivity index (χ0) is 17.6. The fraction of sp³-hybridized carbons (Fsp3) is 0.737. The van der Waals surface area contributed by atoms with Crippen molar-refractivity contribution in [3.05, 3.63) is 10.6 Å². The molecule has 0 saturated carbocycles. The molecule has 0 radical (unpaired) electrons. The molecule has 138 valence electrons. The topological polar surface area (TPSA) is 62.3 Å². The normalized spacial score (nSPS) is 21.2. The Morgan fingerprint density at radius 3 is 2.76 bits per heavy atom. The van der Waals surface area contributed by atoms with Crippen LogP contribution in [0.2, 0.25) is 0 Å². The van der Waals surface area contributed by atoms with Gasteiger partial charge in [0.25, 0.3) is 0 Å². The number of nitrogens with zero attached hydrogens (tertiary/aromatic N) is 2.